The molecular formula is C10H18N4OS. The molecule has 6 heteroatoms. The molecule has 0 bridgehead atoms. The van der Waals surface area contributed by atoms with Crippen LogP contribution >= 0.6 is 11.8 Å². The number of hydrogen-bond acceptors (Lipinski definition) is 6. The van der Waals surface area contributed by atoms with E-state index in [1.807, 2.05) is 13.2 Å². The highest BCUT2D eigenvalue weighted by molar-refractivity contribution is 7.98. The van der Waals surface area contributed by atoms with Gasteiger partial charge in [0.15, 0.2) is 5.16 Å². The van der Waals surface area contributed by atoms with Gasteiger partial charge < -0.3 is 16.2 Å². The summed E-state index contributed by atoms with van der Waals surface area (Å²) < 4.78 is 0. The molecule has 0 radical (unpaired) electrons. The van der Waals surface area contributed by atoms with Crippen molar-refractivity contribution in [3.8, 4) is 0 Å². The summed E-state index contributed by atoms with van der Waals surface area (Å²) in [5.41, 5.74) is 5.66. The molecule has 0 saturated heterocycles. The molecule has 4 N–H and O–H groups in total. The molecule has 0 aromatic carbocycles. The Bertz CT molecular complexity index is 346. The molecule has 2 unspecified atom stereocenters. The van der Waals surface area contributed by atoms with Crippen molar-refractivity contribution in [1.82, 2.24) is 9.97 Å². The molecule has 0 spiro atoms. The van der Waals surface area contributed by atoms with Crippen molar-refractivity contribution in [1.29, 1.82) is 0 Å². The fourth-order valence-corrected chi connectivity index (χ4v) is 1.82. The zero-order chi connectivity index (χ0) is 12.1. The highest BCUT2D eigenvalue weighted by Crippen LogP contribution is 2.16. The van der Waals surface area contributed by atoms with E-state index in [0.717, 1.165) is 0 Å². The molecular weight excluding hydrogens is 224 g/mol. The molecule has 1 aromatic rings. The fourth-order valence-electron chi connectivity index (χ4n) is 1.43. The smallest absolute Gasteiger partial charge is 0.191 e. The first-order chi connectivity index (χ1) is 7.51. The normalized spacial score (nSPS) is 14.5. The van der Waals surface area contributed by atoms with Crippen LogP contribution in [0.5, 0.6) is 0 Å². The third-order valence-electron chi connectivity index (χ3n) is 2.00. The van der Waals surface area contributed by atoms with Crippen molar-refractivity contribution in [2.45, 2.75) is 37.6 Å². The predicted molar refractivity (Wildman–Crippen MR) is 67.6 cm³/mol. The first kappa shape index (κ1) is 13.1. The van der Waals surface area contributed by atoms with Gasteiger partial charge in [0.1, 0.15) is 11.6 Å². The van der Waals surface area contributed by atoms with Crippen LogP contribution in [0.15, 0.2) is 11.2 Å². The Labute approximate surface area is 99.9 Å². The first-order valence-electron chi connectivity index (χ1n) is 5.14. The van der Waals surface area contributed by atoms with E-state index in [0.29, 0.717) is 23.2 Å². The van der Waals surface area contributed by atoms with Crippen LogP contribution in [0, 0.1) is 0 Å². The number of nitrogens with zero attached hydrogens (tertiary/aromatic N) is 2. The average Bonchev–Trinajstić information content (AvgIpc) is 2.14. The largest absolute Gasteiger partial charge is 0.393 e. The summed E-state index contributed by atoms with van der Waals surface area (Å²) in [4.78, 5) is 8.34. The van der Waals surface area contributed by atoms with Gasteiger partial charge in [-0.05, 0) is 26.5 Å². The molecule has 16 heavy (non-hydrogen) atoms. The SMILES string of the molecule is CSc1nc(N)cc(NC(C)CC(C)O)n1. The second-order valence-electron chi connectivity index (χ2n) is 3.79. The Hall–Kier alpha value is -1.01. The van der Waals surface area contributed by atoms with Crippen molar-refractivity contribution in [2.24, 2.45) is 0 Å². The molecule has 0 amide bonds. The predicted octanol–water partition coefficient (Wildman–Crippen LogP) is 1.35. The van der Waals surface area contributed by atoms with Crippen molar-refractivity contribution in [3.63, 3.8) is 0 Å². The second-order valence-corrected chi connectivity index (χ2v) is 4.57. The molecule has 1 heterocycles. The maximum Gasteiger partial charge on any atom is 0.191 e. The molecule has 0 saturated carbocycles. The van der Waals surface area contributed by atoms with E-state index in [2.05, 4.69) is 15.3 Å². The number of nitrogens with two attached hydrogens (primary N) is 1. The number of nitrogens with one attached hydrogen (secondary N) is 1. The zero-order valence-electron chi connectivity index (χ0n) is 9.77. The zero-order valence-corrected chi connectivity index (χ0v) is 10.6. The Balaban J connectivity index is 2.69. The van der Waals surface area contributed by atoms with E-state index < -0.39 is 0 Å². The van der Waals surface area contributed by atoms with E-state index in [1.165, 1.54) is 11.8 Å². The quantitative estimate of drug-likeness (QED) is 0.534. The van der Waals surface area contributed by atoms with Gasteiger partial charge in [0.25, 0.3) is 0 Å². The summed E-state index contributed by atoms with van der Waals surface area (Å²) >= 11 is 1.45. The summed E-state index contributed by atoms with van der Waals surface area (Å²) in [6, 6.07) is 1.84. The minimum atomic E-state index is -0.332. The molecule has 90 valence electrons. The number of rotatable bonds is 5. The van der Waals surface area contributed by atoms with E-state index in [9.17, 15) is 5.11 Å². The van der Waals surface area contributed by atoms with Gasteiger partial charge in [0.05, 0.1) is 6.10 Å². The van der Waals surface area contributed by atoms with Crippen LogP contribution in [0.4, 0.5) is 11.6 Å². The number of aromatic nitrogens is 2. The Morgan fingerprint density at radius 3 is 2.75 bits per heavy atom. The van der Waals surface area contributed by atoms with Gasteiger partial charge in [-0.2, -0.15) is 0 Å². The van der Waals surface area contributed by atoms with E-state index in [1.54, 1.807) is 13.0 Å². The minimum absolute atomic E-state index is 0.143. The minimum Gasteiger partial charge on any atom is -0.393 e. The summed E-state index contributed by atoms with van der Waals surface area (Å²) in [6.45, 7) is 3.75. The monoisotopic (exact) mass is 242 g/mol. The number of nitrogen functional groups attached to an aromatic ring is 1. The van der Waals surface area contributed by atoms with Crippen LogP contribution in [0.1, 0.15) is 20.3 Å². The summed E-state index contributed by atoms with van der Waals surface area (Å²) in [5, 5.41) is 13.1. The van der Waals surface area contributed by atoms with E-state index in [-0.39, 0.29) is 12.1 Å². The van der Waals surface area contributed by atoms with Crippen LogP contribution in [-0.4, -0.2) is 33.5 Å². The first-order valence-corrected chi connectivity index (χ1v) is 6.37. The Kier molecular flexibility index (Phi) is 4.82. The number of anilines is 2. The van der Waals surface area contributed by atoms with Crippen LogP contribution in [0.25, 0.3) is 0 Å². The van der Waals surface area contributed by atoms with Gasteiger partial charge in [0.2, 0.25) is 0 Å². The third-order valence-corrected chi connectivity index (χ3v) is 2.54. The third kappa shape index (κ3) is 4.24. The second kappa shape index (κ2) is 5.91. The van der Waals surface area contributed by atoms with Crippen molar-refractivity contribution in [3.05, 3.63) is 6.07 Å². The molecule has 5 nitrogen and oxygen atoms in total. The number of aliphatic hydroxyl groups is 1. The maximum atomic E-state index is 9.25. The van der Waals surface area contributed by atoms with Gasteiger partial charge >= 0.3 is 0 Å². The lowest BCUT2D eigenvalue weighted by Crippen LogP contribution is -2.21. The van der Waals surface area contributed by atoms with Crippen molar-refractivity contribution >= 4 is 23.4 Å². The number of thioether (sulfide) groups is 1. The van der Waals surface area contributed by atoms with Gasteiger partial charge in [-0.1, -0.05) is 11.8 Å². The van der Waals surface area contributed by atoms with Crippen LogP contribution in [0.3, 0.4) is 0 Å². The summed E-state index contributed by atoms with van der Waals surface area (Å²) in [7, 11) is 0. The maximum absolute atomic E-state index is 9.25. The van der Waals surface area contributed by atoms with Crippen molar-refractivity contribution < 1.29 is 5.11 Å². The Morgan fingerprint density at radius 2 is 2.19 bits per heavy atom. The summed E-state index contributed by atoms with van der Waals surface area (Å²) in [5.74, 6) is 1.15. The van der Waals surface area contributed by atoms with Crippen LogP contribution < -0.4 is 11.1 Å². The van der Waals surface area contributed by atoms with Crippen LogP contribution in [-0.2, 0) is 0 Å². The number of aliphatic hydroxyl groups excluding tert-OH is 1. The fraction of sp³-hybridized carbons (Fsp3) is 0.600. The molecule has 0 aliphatic heterocycles. The molecule has 0 aliphatic rings. The topological polar surface area (TPSA) is 84.1 Å². The lowest BCUT2D eigenvalue weighted by atomic mass is 10.1. The lowest BCUT2D eigenvalue weighted by molar-refractivity contribution is 0.179. The average molecular weight is 242 g/mol. The Morgan fingerprint density at radius 1 is 1.50 bits per heavy atom. The summed E-state index contributed by atoms with van der Waals surface area (Å²) in [6.07, 6.45) is 2.23. The van der Waals surface area contributed by atoms with Gasteiger partial charge in [-0.15, -0.1) is 0 Å². The van der Waals surface area contributed by atoms with Crippen LogP contribution in [0.2, 0.25) is 0 Å². The van der Waals surface area contributed by atoms with Gasteiger partial charge in [-0.25, -0.2) is 9.97 Å². The highest BCUT2D eigenvalue weighted by atomic mass is 32.2. The van der Waals surface area contributed by atoms with Gasteiger partial charge in [0, 0.05) is 12.1 Å². The van der Waals surface area contributed by atoms with E-state index in [4.69, 9.17) is 5.73 Å². The highest BCUT2D eigenvalue weighted by Gasteiger charge is 2.08. The van der Waals surface area contributed by atoms with E-state index >= 15 is 0 Å². The molecule has 0 aliphatic carbocycles. The molecule has 1 rings (SSSR count). The lowest BCUT2D eigenvalue weighted by Gasteiger charge is -2.16. The molecule has 0 fully saturated rings. The van der Waals surface area contributed by atoms with Crippen molar-refractivity contribution in [2.75, 3.05) is 17.3 Å². The molecule has 1 aromatic heterocycles. The molecule has 2 atom stereocenters. The standard InChI is InChI=1S/C10H18N4OS/c1-6(4-7(2)15)12-9-5-8(11)13-10(14-9)16-3/h5-7,15H,4H2,1-3H3,(H3,11,12,13,14). The number of hydrogen-bond donors (Lipinski definition) is 3. The van der Waals surface area contributed by atoms with Gasteiger partial charge in [-0.3, -0.25) is 0 Å².